The van der Waals surface area contributed by atoms with Gasteiger partial charge in [-0.1, -0.05) is 12.1 Å². The van der Waals surface area contributed by atoms with Crippen molar-refractivity contribution in [2.45, 2.75) is 18.9 Å². The summed E-state index contributed by atoms with van der Waals surface area (Å²) < 4.78 is 5.49. The van der Waals surface area contributed by atoms with Gasteiger partial charge in [-0.2, -0.15) is 0 Å². The van der Waals surface area contributed by atoms with Gasteiger partial charge in [-0.15, -0.1) is 0 Å². The fourth-order valence-electron chi connectivity index (χ4n) is 1.68. The standard InChI is InChI=1S/C11H12O3/c12-11(13)9-5-3-8(4-6-9)10-2-1-7-14-10/h3-6,10H,1-2,7H2,(H,12,13)/t10-/m0/s1. The van der Waals surface area contributed by atoms with Crippen LogP contribution in [-0.2, 0) is 4.74 Å². The first kappa shape index (κ1) is 9.21. The number of aromatic carboxylic acids is 1. The van der Waals surface area contributed by atoms with E-state index in [0.717, 1.165) is 25.0 Å². The average Bonchev–Trinajstić information content (AvgIpc) is 2.71. The summed E-state index contributed by atoms with van der Waals surface area (Å²) in [5, 5.41) is 8.71. The maximum atomic E-state index is 10.6. The van der Waals surface area contributed by atoms with Crippen LogP contribution in [0.4, 0.5) is 0 Å². The maximum Gasteiger partial charge on any atom is 0.335 e. The van der Waals surface area contributed by atoms with Crippen LogP contribution in [0.1, 0.15) is 34.9 Å². The number of ether oxygens (including phenoxy) is 1. The molecule has 2 rings (SSSR count). The molecule has 14 heavy (non-hydrogen) atoms. The number of benzene rings is 1. The van der Waals surface area contributed by atoms with Crippen LogP contribution in [0, 0.1) is 0 Å². The molecular formula is C11H12O3. The molecule has 0 aliphatic carbocycles. The van der Waals surface area contributed by atoms with Crippen LogP contribution in [0.25, 0.3) is 0 Å². The van der Waals surface area contributed by atoms with Crippen LogP contribution in [0.15, 0.2) is 24.3 Å². The molecule has 1 aromatic carbocycles. The van der Waals surface area contributed by atoms with Gasteiger partial charge in [-0.25, -0.2) is 4.79 Å². The Labute approximate surface area is 82.3 Å². The molecule has 0 spiro atoms. The molecule has 1 aliphatic rings. The van der Waals surface area contributed by atoms with Gasteiger partial charge in [-0.05, 0) is 30.5 Å². The first-order chi connectivity index (χ1) is 6.77. The third kappa shape index (κ3) is 1.77. The second-order valence-corrected chi connectivity index (χ2v) is 3.43. The Kier molecular flexibility index (Phi) is 2.50. The predicted octanol–water partition coefficient (Wildman–Crippen LogP) is 2.24. The highest BCUT2D eigenvalue weighted by Gasteiger charge is 2.17. The number of hydrogen-bond acceptors (Lipinski definition) is 2. The highest BCUT2D eigenvalue weighted by atomic mass is 16.5. The van der Waals surface area contributed by atoms with Gasteiger partial charge >= 0.3 is 5.97 Å². The molecule has 0 aromatic heterocycles. The molecule has 1 fully saturated rings. The average molecular weight is 192 g/mol. The first-order valence-corrected chi connectivity index (χ1v) is 4.72. The van der Waals surface area contributed by atoms with Crippen LogP contribution < -0.4 is 0 Å². The van der Waals surface area contributed by atoms with Crippen LogP contribution >= 0.6 is 0 Å². The van der Waals surface area contributed by atoms with Crippen LogP contribution in [0.5, 0.6) is 0 Å². The van der Waals surface area contributed by atoms with E-state index in [1.54, 1.807) is 12.1 Å². The van der Waals surface area contributed by atoms with Crippen molar-refractivity contribution in [3.8, 4) is 0 Å². The molecule has 74 valence electrons. The zero-order valence-electron chi connectivity index (χ0n) is 7.77. The fraction of sp³-hybridized carbons (Fsp3) is 0.364. The van der Waals surface area contributed by atoms with Crippen LogP contribution in [0.3, 0.4) is 0 Å². The minimum Gasteiger partial charge on any atom is -0.478 e. The minimum absolute atomic E-state index is 0.165. The lowest BCUT2D eigenvalue weighted by atomic mass is 10.1. The van der Waals surface area contributed by atoms with Gasteiger partial charge in [0.15, 0.2) is 0 Å². The van der Waals surface area contributed by atoms with E-state index in [-0.39, 0.29) is 6.10 Å². The van der Waals surface area contributed by atoms with Crippen molar-refractivity contribution in [2.24, 2.45) is 0 Å². The molecule has 3 nitrogen and oxygen atoms in total. The molecule has 1 saturated heterocycles. The second kappa shape index (κ2) is 3.80. The Hall–Kier alpha value is -1.35. The van der Waals surface area contributed by atoms with Crippen LogP contribution in [0.2, 0.25) is 0 Å². The smallest absolute Gasteiger partial charge is 0.335 e. The van der Waals surface area contributed by atoms with Crippen molar-refractivity contribution in [2.75, 3.05) is 6.61 Å². The van der Waals surface area contributed by atoms with E-state index in [2.05, 4.69) is 0 Å². The van der Waals surface area contributed by atoms with Gasteiger partial charge in [0.2, 0.25) is 0 Å². The summed E-state index contributed by atoms with van der Waals surface area (Å²) in [6.07, 6.45) is 2.29. The SMILES string of the molecule is O=C(O)c1ccc([C@@H]2CCCO2)cc1. The highest BCUT2D eigenvalue weighted by Crippen LogP contribution is 2.28. The Balaban J connectivity index is 2.16. The molecule has 0 amide bonds. The molecule has 1 aromatic rings. The molecule has 1 aliphatic heterocycles. The fourth-order valence-corrected chi connectivity index (χ4v) is 1.68. The van der Waals surface area contributed by atoms with E-state index in [9.17, 15) is 4.79 Å². The molecular weight excluding hydrogens is 180 g/mol. The second-order valence-electron chi connectivity index (χ2n) is 3.43. The van der Waals surface area contributed by atoms with Crippen molar-refractivity contribution in [1.82, 2.24) is 0 Å². The van der Waals surface area contributed by atoms with E-state index in [1.807, 2.05) is 12.1 Å². The Bertz CT molecular complexity index is 323. The summed E-state index contributed by atoms with van der Waals surface area (Å²) in [5.41, 5.74) is 1.40. The maximum absolute atomic E-state index is 10.6. The van der Waals surface area contributed by atoms with Gasteiger partial charge < -0.3 is 9.84 Å². The summed E-state index contributed by atoms with van der Waals surface area (Å²) in [5.74, 6) is -0.885. The number of carbonyl (C=O) groups is 1. The summed E-state index contributed by atoms with van der Waals surface area (Å²) in [4.78, 5) is 10.6. The van der Waals surface area contributed by atoms with Crippen molar-refractivity contribution < 1.29 is 14.6 Å². The lowest BCUT2D eigenvalue weighted by Crippen LogP contribution is -1.99. The summed E-state index contributed by atoms with van der Waals surface area (Å²) in [6, 6.07) is 6.91. The van der Waals surface area contributed by atoms with Crippen molar-refractivity contribution >= 4 is 5.97 Å². The van der Waals surface area contributed by atoms with E-state index in [0.29, 0.717) is 5.56 Å². The topological polar surface area (TPSA) is 46.5 Å². The molecule has 1 N–H and O–H groups in total. The van der Waals surface area contributed by atoms with Gasteiger partial charge in [0.1, 0.15) is 0 Å². The number of carboxylic acid groups (broad SMARTS) is 1. The van der Waals surface area contributed by atoms with E-state index in [4.69, 9.17) is 9.84 Å². The predicted molar refractivity (Wildman–Crippen MR) is 51.3 cm³/mol. The Morgan fingerprint density at radius 3 is 2.57 bits per heavy atom. The summed E-state index contributed by atoms with van der Waals surface area (Å²) in [7, 11) is 0. The minimum atomic E-state index is -0.885. The zero-order valence-corrected chi connectivity index (χ0v) is 7.77. The van der Waals surface area contributed by atoms with Gasteiger partial charge in [0.25, 0.3) is 0 Å². The number of rotatable bonds is 2. The lowest BCUT2D eigenvalue weighted by Gasteiger charge is -2.09. The van der Waals surface area contributed by atoms with Gasteiger partial charge in [0, 0.05) is 6.61 Å². The molecule has 0 radical (unpaired) electrons. The van der Waals surface area contributed by atoms with E-state index >= 15 is 0 Å². The molecule has 0 unspecified atom stereocenters. The van der Waals surface area contributed by atoms with Gasteiger partial charge in [0.05, 0.1) is 11.7 Å². The summed E-state index contributed by atoms with van der Waals surface area (Å²) in [6.45, 7) is 0.811. The highest BCUT2D eigenvalue weighted by molar-refractivity contribution is 5.87. The zero-order chi connectivity index (χ0) is 9.97. The van der Waals surface area contributed by atoms with Crippen molar-refractivity contribution in [3.05, 3.63) is 35.4 Å². The quantitative estimate of drug-likeness (QED) is 0.781. The monoisotopic (exact) mass is 192 g/mol. The lowest BCUT2D eigenvalue weighted by molar-refractivity contribution is 0.0696. The molecule has 1 heterocycles. The van der Waals surface area contributed by atoms with Crippen molar-refractivity contribution in [3.63, 3.8) is 0 Å². The van der Waals surface area contributed by atoms with E-state index in [1.165, 1.54) is 0 Å². The van der Waals surface area contributed by atoms with Gasteiger partial charge in [-0.3, -0.25) is 0 Å². The van der Waals surface area contributed by atoms with E-state index < -0.39 is 5.97 Å². The number of carboxylic acids is 1. The van der Waals surface area contributed by atoms with Crippen LogP contribution in [-0.4, -0.2) is 17.7 Å². The first-order valence-electron chi connectivity index (χ1n) is 4.72. The molecule has 0 saturated carbocycles. The summed E-state index contributed by atoms with van der Waals surface area (Å²) >= 11 is 0. The normalized spacial score (nSPS) is 21.0. The third-order valence-electron chi connectivity index (χ3n) is 2.46. The Morgan fingerprint density at radius 2 is 2.07 bits per heavy atom. The largest absolute Gasteiger partial charge is 0.478 e. The third-order valence-corrected chi connectivity index (χ3v) is 2.46. The Morgan fingerprint density at radius 1 is 1.36 bits per heavy atom. The molecule has 1 atom stereocenters. The molecule has 0 bridgehead atoms. The molecule has 3 heteroatoms. The number of hydrogen-bond donors (Lipinski definition) is 1. The van der Waals surface area contributed by atoms with Crippen molar-refractivity contribution in [1.29, 1.82) is 0 Å².